The predicted octanol–water partition coefficient (Wildman–Crippen LogP) is 2.04. The fraction of sp³-hybridized carbons (Fsp3) is 0.476. The van der Waals surface area contributed by atoms with Crippen LogP contribution in [-0.2, 0) is 16.8 Å². The molecule has 28 heavy (non-hydrogen) atoms. The molecule has 5 rings (SSSR count). The monoisotopic (exact) mass is 380 g/mol. The number of nitrogens with one attached hydrogen (secondary N) is 1. The van der Waals surface area contributed by atoms with Crippen molar-refractivity contribution in [3.05, 3.63) is 47.5 Å². The lowest BCUT2D eigenvalue weighted by molar-refractivity contribution is -0.143. The maximum atomic E-state index is 13.0. The highest BCUT2D eigenvalue weighted by molar-refractivity contribution is 5.94. The summed E-state index contributed by atoms with van der Waals surface area (Å²) in [5.74, 6) is 0.434. The second-order valence-corrected chi connectivity index (χ2v) is 8.12. The van der Waals surface area contributed by atoms with E-state index in [0.29, 0.717) is 38.0 Å². The SMILES string of the molecule is O=C(c1cccc(O)c1)N1CCC2(CC1)c1nc[nH]c1CCN2C(=O)C1CC1. The number of fused-ring (bicyclic) bond motifs is 2. The average molecular weight is 380 g/mol. The Balaban J connectivity index is 1.41. The van der Waals surface area contributed by atoms with E-state index in [-0.39, 0.29) is 23.5 Å². The Labute approximate surface area is 163 Å². The van der Waals surface area contributed by atoms with Crippen molar-refractivity contribution in [3.63, 3.8) is 0 Å². The number of hydrogen-bond donors (Lipinski definition) is 2. The lowest BCUT2D eigenvalue weighted by Gasteiger charge is -2.50. The number of carbonyl (C=O) groups is 2. The van der Waals surface area contributed by atoms with Gasteiger partial charge in [0.2, 0.25) is 5.91 Å². The second kappa shape index (κ2) is 6.36. The molecule has 2 fully saturated rings. The molecule has 1 saturated heterocycles. The molecule has 2 amide bonds. The quantitative estimate of drug-likeness (QED) is 0.834. The topological polar surface area (TPSA) is 89.5 Å². The molecule has 3 heterocycles. The molecule has 7 heteroatoms. The van der Waals surface area contributed by atoms with Crippen molar-refractivity contribution in [3.8, 4) is 5.75 Å². The Morgan fingerprint density at radius 2 is 1.96 bits per heavy atom. The minimum Gasteiger partial charge on any atom is -0.508 e. The molecule has 0 radical (unpaired) electrons. The Bertz CT molecular complexity index is 925. The zero-order valence-corrected chi connectivity index (χ0v) is 15.7. The number of rotatable bonds is 2. The molecule has 2 N–H and O–H groups in total. The summed E-state index contributed by atoms with van der Waals surface area (Å²) in [7, 11) is 0. The molecule has 2 aliphatic heterocycles. The van der Waals surface area contributed by atoms with Gasteiger partial charge in [0.15, 0.2) is 0 Å². The number of carbonyl (C=O) groups excluding carboxylic acids is 2. The van der Waals surface area contributed by atoms with Gasteiger partial charge >= 0.3 is 0 Å². The zero-order valence-electron chi connectivity index (χ0n) is 15.7. The Morgan fingerprint density at radius 1 is 1.18 bits per heavy atom. The van der Waals surface area contributed by atoms with E-state index in [1.54, 1.807) is 24.5 Å². The Hall–Kier alpha value is -2.83. The summed E-state index contributed by atoms with van der Waals surface area (Å²) in [6.45, 7) is 1.84. The summed E-state index contributed by atoms with van der Waals surface area (Å²) < 4.78 is 0. The van der Waals surface area contributed by atoms with Crippen molar-refractivity contribution in [1.82, 2.24) is 19.8 Å². The molecule has 3 aliphatic rings. The van der Waals surface area contributed by atoms with E-state index in [1.165, 1.54) is 6.07 Å². The number of phenols is 1. The largest absolute Gasteiger partial charge is 0.508 e. The second-order valence-electron chi connectivity index (χ2n) is 8.12. The van der Waals surface area contributed by atoms with E-state index in [9.17, 15) is 14.7 Å². The van der Waals surface area contributed by atoms with Gasteiger partial charge in [-0.15, -0.1) is 0 Å². The zero-order chi connectivity index (χ0) is 19.3. The van der Waals surface area contributed by atoms with Gasteiger partial charge in [-0.3, -0.25) is 9.59 Å². The first-order valence-corrected chi connectivity index (χ1v) is 10.0. The molecule has 1 spiro atoms. The molecule has 1 aromatic heterocycles. The molecule has 0 bridgehead atoms. The number of piperidine rings is 1. The number of benzene rings is 1. The van der Waals surface area contributed by atoms with Crippen LogP contribution in [0.3, 0.4) is 0 Å². The highest BCUT2D eigenvalue weighted by atomic mass is 16.3. The first-order chi connectivity index (χ1) is 13.6. The summed E-state index contributed by atoms with van der Waals surface area (Å²) >= 11 is 0. The van der Waals surface area contributed by atoms with Crippen molar-refractivity contribution < 1.29 is 14.7 Å². The number of hydrogen-bond acceptors (Lipinski definition) is 4. The van der Waals surface area contributed by atoms with E-state index in [1.807, 2.05) is 4.90 Å². The van der Waals surface area contributed by atoms with E-state index in [2.05, 4.69) is 14.9 Å². The molecular weight excluding hydrogens is 356 g/mol. The van der Waals surface area contributed by atoms with E-state index < -0.39 is 5.54 Å². The third-order valence-electron chi connectivity index (χ3n) is 6.42. The maximum absolute atomic E-state index is 13.0. The molecule has 1 aromatic carbocycles. The van der Waals surface area contributed by atoms with E-state index >= 15 is 0 Å². The highest BCUT2D eigenvalue weighted by Gasteiger charge is 2.51. The number of nitrogens with zero attached hydrogens (tertiary/aromatic N) is 3. The van der Waals surface area contributed by atoms with Crippen molar-refractivity contribution >= 4 is 11.8 Å². The van der Waals surface area contributed by atoms with Crippen LogP contribution in [0.25, 0.3) is 0 Å². The number of amides is 2. The maximum Gasteiger partial charge on any atom is 0.253 e. The van der Waals surface area contributed by atoms with Gasteiger partial charge in [0.1, 0.15) is 5.75 Å². The van der Waals surface area contributed by atoms with E-state index in [0.717, 1.165) is 30.7 Å². The number of imidazole rings is 1. The smallest absolute Gasteiger partial charge is 0.253 e. The van der Waals surface area contributed by atoms with Gasteiger partial charge in [0.05, 0.1) is 17.6 Å². The first kappa shape index (κ1) is 17.3. The third kappa shape index (κ3) is 2.68. The van der Waals surface area contributed by atoms with Crippen LogP contribution < -0.4 is 0 Å². The molecule has 2 aromatic rings. The van der Waals surface area contributed by atoms with Crippen LogP contribution in [0.15, 0.2) is 30.6 Å². The lowest BCUT2D eigenvalue weighted by atomic mass is 9.78. The van der Waals surface area contributed by atoms with Crippen molar-refractivity contribution in [2.24, 2.45) is 5.92 Å². The van der Waals surface area contributed by atoms with Gasteiger partial charge in [-0.05, 0) is 43.9 Å². The standard InChI is InChI=1S/C21H24N4O3/c26-16-3-1-2-15(12-16)19(27)24-10-7-21(8-11-24)18-17(22-13-23-18)6-9-25(21)20(28)14-4-5-14/h1-3,12-14,26H,4-11H2,(H,22,23). The van der Waals surface area contributed by atoms with Crippen molar-refractivity contribution in [1.29, 1.82) is 0 Å². The molecule has 7 nitrogen and oxygen atoms in total. The van der Waals surface area contributed by atoms with Crippen molar-refractivity contribution in [2.75, 3.05) is 19.6 Å². The van der Waals surface area contributed by atoms with Crippen LogP contribution in [0.2, 0.25) is 0 Å². The summed E-state index contributed by atoms with van der Waals surface area (Å²) in [5, 5.41) is 9.67. The van der Waals surface area contributed by atoms with Gasteiger partial charge in [-0.2, -0.15) is 0 Å². The minimum absolute atomic E-state index is 0.0797. The van der Waals surface area contributed by atoms with Gasteiger partial charge in [-0.25, -0.2) is 4.98 Å². The normalized spacial score (nSPS) is 20.9. The number of aromatic nitrogens is 2. The van der Waals surface area contributed by atoms with Gasteiger partial charge in [0.25, 0.3) is 5.91 Å². The molecule has 0 atom stereocenters. The van der Waals surface area contributed by atoms with Crippen LogP contribution in [-0.4, -0.2) is 56.3 Å². The average Bonchev–Trinajstić information content (AvgIpc) is 3.45. The number of H-pyrrole nitrogens is 1. The number of aromatic hydroxyl groups is 1. The van der Waals surface area contributed by atoms with Crippen LogP contribution in [0.1, 0.15) is 47.4 Å². The van der Waals surface area contributed by atoms with Gasteiger partial charge < -0.3 is 19.9 Å². The third-order valence-corrected chi connectivity index (χ3v) is 6.42. The lowest BCUT2D eigenvalue weighted by Crippen LogP contribution is -2.59. The number of likely N-dealkylation sites (tertiary alicyclic amines) is 1. The highest BCUT2D eigenvalue weighted by Crippen LogP contribution is 2.45. The van der Waals surface area contributed by atoms with E-state index in [4.69, 9.17) is 0 Å². The molecule has 146 valence electrons. The molecular formula is C21H24N4O3. The van der Waals surface area contributed by atoms with Crippen molar-refractivity contribution in [2.45, 2.75) is 37.6 Å². The summed E-state index contributed by atoms with van der Waals surface area (Å²) in [4.78, 5) is 37.6. The number of phenolic OH excluding ortho intramolecular Hbond substituents is 1. The van der Waals surface area contributed by atoms with Crippen LogP contribution in [0.4, 0.5) is 0 Å². The molecule has 0 unspecified atom stereocenters. The molecule has 1 saturated carbocycles. The summed E-state index contributed by atoms with van der Waals surface area (Å²) in [6.07, 6.45) is 5.88. The van der Waals surface area contributed by atoms with Crippen LogP contribution in [0, 0.1) is 5.92 Å². The summed E-state index contributed by atoms with van der Waals surface area (Å²) in [5.41, 5.74) is 2.18. The summed E-state index contributed by atoms with van der Waals surface area (Å²) in [6, 6.07) is 6.47. The fourth-order valence-corrected chi connectivity index (χ4v) is 4.76. The fourth-order valence-electron chi connectivity index (χ4n) is 4.76. The minimum atomic E-state index is -0.414. The Morgan fingerprint density at radius 3 is 2.68 bits per heavy atom. The Kier molecular flexibility index (Phi) is 3.92. The van der Waals surface area contributed by atoms with Gasteiger partial charge in [0, 0.05) is 43.2 Å². The number of aromatic amines is 1. The molecule has 1 aliphatic carbocycles. The van der Waals surface area contributed by atoms with Crippen LogP contribution >= 0.6 is 0 Å². The van der Waals surface area contributed by atoms with Gasteiger partial charge in [-0.1, -0.05) is 6.07 Å². The predicted molar refractivity (Wildman–Crippen MR) is 102 cm³/mol. The first-order valence-electron chi connectivity index (χ1n) is 10.0. The van der Waals surface area contributed by atoms with Crippen LogP contribution in [0.5, 0.6) is 5.75 Å².